The summed E-state index contributed by atoms with van der Waals surface area (Å²) in [6.45, 7) is 1.02. The second kappa shape index (κ2) is 9.60. The Labute approximate surface area is 185 Å². The molecule has 3 aromatic carbocycles. The lowest BCUT2D eigenvalue weighted by molar-refractivity contribution is -0.0503. The molecule has 0 fully saturated rings. The van der Waals surface area contributed by atoms with E-state index in [9.17, 15) is 8.78 Å². The van der Waals surface area contributed by atoms with Crippen molar-refractivity contribution in [3.05, 3.63) is 95.4 Å². The number of aryl methyl sites for hydroxylation is 1. The van der Waals surface area contributed by atoms with E-state index in [2.05, 4.69) is 15.5 Å². The van der Waals surface area contributed by atoms with Crippen molar-refractivity contribution < 1.29 is 17.9 Å². The van der Waals surface area contributed by atoms with Crippen LogP contribution in [-0.4, -0.2) is 16.8 Å². The van der Waals surface area contributed by atoms with Gasteiger partial charge in [0.2, 0.25) is 11.8 Å². The van der Waals surface area contributed by atoms with Gasteiger partial charge in [-0.05, 0) is 49.7 Å². The van der Waals surface area contributed by atoms with Gasteiger partial charge in [-0.1, -0.05) is 48.0 Å². The molecule has 1 N–H and O–H groups in total. The first kappa shape index (κ1) is 21.5. The minimum Gasteiger partial charge on any atom is -0.435 e. The van der Waals surface area contributed by atoms with E-state index in [1.54, 1.807) is 18.2 Å². The zero-order valence-corrected chi connectivity index (χ0v) is 17.8. The van der Waals surface area contributed by atoms with E-state index in [0.29, 0.717) is 23.8 Å². The second-order valence-electron chi connectivity index (χ2n) is 7.54. The van der Waals surface area contributed by atoms with Crippen LogP contribution in [0.25, 0.3) is 11.5 Å². The Morgan fingerprint density at radius 3 is 2.44 bits per heavy atom. The first-order valence-corrected chi connectivity index (χ1v) is 10.3. The van der Waals surface area contributed by atoms with Crippen molar-refractivity contribution in [1.82, 2.24) is 10.2 Å². The van der Waals surface area contributed by atoms with E-state index < -0.39 is 6.61 Å². The monoisotopic (exact) mass is 435 g/mol. The molecule has 0 saturated heterocycles. The number of nitrogens with zero attached hydrogens (tertiary/aromatic N) is 2. The van der Waals surface area contributed by atoms with Crippen LogP contribution in [0, 0.1) is 6.92 Å². The molecule has 0 aliphatic heterocycles. The van der Waals surface area contributed by atoms with Crippen LogP contribution < -0.4 is 10.1 Å². The zero-order chi connectivity index (χ0) is 22.5. The minimum absolute atomic E-state index is 0.154. The molecule has 0 amide bonds. The summed E-state index contributed by atoms with van der Waals surface area (Å²) in [7, 11) is 0. The molecule has 4 aromatic rings. The van der Waals surface area contributed by atoms with Crippen molar-refractivity contribution in [1.29, 1.82) is 0 Å². The first-order valence-electron chi connectivity index (χ1n) is 10.3. The maximum atomic E-state index is 12.9. The molecule has 1 aromatic heterocycles. The molecule has 4 rings (SSSR count). The van der Waals surface area contributed by atoms with Crippen molar-refractivity contribution >= 4 is 5.69 Å². The summed E-state index contributed by atoms with van der Waals surface area (Å²) < 4.78 is 36.3. The highest BCUT2D eigenvalue weighted by Crippen LogP contribution is 2.29. The average Bonchev–Trinajstić information content (AvgIpc) is 3.27. The van der Waals surface area contributed by atoms with Gasteiger partial charge in [-0.3, -0.25) is 0 Å². The molecule has 0 bridgehead atoms. The molecule has 1 atom stereocenters. The lowest BCUT2D eigenvalue weighted by Crippen LogP contribution is -2.09. The van der Waals surface area contributed by atoms with Gasteiger partial charge in [-0.2, -0.15) is 8.78 Å². The fourth-order valence-electron chi connectivity index (χ4n) is 3.37. The second-order valence-corrected chi connectivity index (χ2v) is 7.54. The van der Waals surface area contributed by atoms with Gasteiger partial charge in [-0.25, -0.2) is 0 Å². The van der Waals surface area contributed by atoms with Crippen LogP contribution in [0.3, 0.4) is 0 Å². The summed E-state index contributed by atoms with van der Waals surface area (Å²) in [5.41, 5.74) is 4.38. The molecule has 1 unspecified atom stereocenters. The molecule has 0 aliphatic rings. The van der Waals surface area contributed by atoms with Crippen LogP contribution in [-0.2, 0) is 6.42 Å². The van der Waals surface area contributed by atoms with E-state index in [1.165, 1.54) is 0 Å². The molecule has 164 valence electrons. The fraction of sp³-hybridized carbons (Fsp3) is 0.200. The largest absolute Gasteiger partial charge is 0.435 e. The summed E-state index contributed by atoms with van der Waals surface area (Å²) >= 11 is 0. The minimum atomic E-state index is -2.89. The van der Waals surface area contributed by atoms with Gasteiger partial charge in [0, 0.05) is 23.2 Å². The first-order chi connectivity index (χ1) is 15.5. The van der Waals surface area contributed by atoms with Gasteiger partial charge in [0.25, 0.3) is 0 Å². The molecule has 0 spiro atoms. The van der Waals surface area contributed by atoms with Crippen LogP contribution in [0.15, 0.2) is 77.2 Å². The SMILES string of the molecule is Cc1ccc(-c2nnc(C(C)Nc3ccc(OC(F)F)c(Cc4ccccc4)c3)o2)cc1. The molecule has 1 heterocycles. The Hall–Kier alpha value is -3.74. The highest BCUT2D eigenvalue weighted by Gasteiger charge is 2.17. The van der Waals surface area contributed by atoms with Crippen molar-refractivity contribution in [2.24, 2.45) is 0 Å². The van der Waals surface area contributed by atoms with Crippen LogP contribution in [0.1, 0.15) is 35.5 Å². The maximum absolute atomic E-state index is 12.9. The Kier molecular flexibility index (Phi) is 6.44. The van der Waals surface area contributed by atoms with Crippen LogP contribution in [0.5, 0.6) is 5.75 Å². The number of nitrogens with one attached hydrogen (secondary N) is 1. The summed E-state index contributed by atoms with van der Waals surface area (Å²) in [4.78, 5) is 0. The van der Waals surface area contributed by atoms with Crippen LogP contribution in [0.2, 0.25) is 0 Å². The molecule has 0 saturated carbocycles. The topological polar surface area (TPSA) is 60.2 Å². The van der Waals surface area contributed by atoms with E-state index in [4.69, 9.17) is 9.15 Å². The highest BCUT2D eigenvalue weighted by atomic mass is 19.3. The number of anilines is 1. The van der Waals surface area contributed by atoms with Crippen LogP contribution >= 0.6 is 0 Å². The van der Waals surface area contributed by atoms with Gasteiger partial charge in [0.1, 0.15) is 11.8 Å². The molecule has 32 heavy (non-hydrogen) atoms. The van der Waals surface area contributed by atoms with Gasteiger partial charge in [0.05, 0.1) is 0 Å². The van der Waals surface area contributed by atoms with Gasteiger partial charge in [-0.15, -0.1) is 10.2 Å². The average molecular weight is 435 g/mol. The van der Waals surface area contributed by atoms with Crippen LogP contribution in [0.4, 0.5) is 14.5 Å². The summed E-state index contributed by atoms with van der Waals surface area (Å²) in [6.07, 6.45) is 0.463. The fourth-order valence-corrected chi connectivity index (χ4v) is 3.37. The number of aromatic nitrogens is 2. The number of halogens is 2. The predicted molar refractivity (Wildman–Crippen MR) is 119 cm³/mol. The quantitative estimate of drug-likeness (QED) is 0.346. The zero-order valence-electron chi connectivity index (χ0n) is 17.8. The third-order valence-electron chi connectivity index (χ3n) is 5.01. The molecule has 5 nitrogen and oxygen atoms in total. The maximum Gasteiger partial charge on any atom is 0.387 e. The number of rotatable bonds is 8. The Morgan fingerprint density at radius 1 is 0.969 bits per heavy atom. The molecule has 7 heteroatoms. The van der Waals surface area contributed by atoms with Crippen molar-refractivity contribution in [3.63, 3.8) is 0 Å². The number of alkyl halides is 2. The Bertz CT molecular complexity index is 1160. The van der Waals surface area contributed by atoms with E-state index in [-0.39, 0.29) is 11.8 Å². The number of hydrogen-bond acceptors (Lipinski definition) is 5. The van der Waals surface area contributed by atoms with Crippen molar-refractivity contribution in [2.75, 3.05) is 5.32 Å². The number of benzene rings is 3. The van der Waals surface area contributed by atoms with Crippen molar-refractivity contribution in [2.45, 2.75) is 32.9 Å². The third-order valence-corrected chi connectivity index (χ3v) is 5.01. The number of ether oxygens (including phenoxy) is 1. The summed E-state index contributed by atoms with van der Waals surface area (Å²) in [6, 6.07) is 22.2. The standard InChI is InChI=1S/C25H23F2N3O2/c1-16-8-10-19(11-9-16)24-30-29-23(32-24)17(2)28-21-12-13-22(31-25(26)27)20(15-21)14-18-6-4-3-5-7-18/h3-13,15,17,25,28H,14H2,1-2H3. The Balaban J connectivity index is 1.53. The highest BCUT2D eigenvalue weighted by molar-refractivity contribution is 5.54. The van der Waals surface area contributed by atoms with E-state index in [1.807, 2.05) is 68.4 Å². The lowest BCUT2D eigenvalue weighted by atomic mass is 10.0. The third kappa shape index (κ3) is 5.29. The van der Waals surface area contributed by atoms with E-state index >= 15 is 0 Å². The smallest absolute Gasteiger partial charge is 0.387 e. The summed E-state index contributed by atoms with van der Waals surface area (Å²) in [5, 5.41) is 11.6. The molecular formula is C25H23F2N3O2. The molecular weight excluding hydrogens is 412 g/mol. The molecule has 0 radical (unpaired) electrons. The van der Waals surface area contributed by atoms with Crippen molar-refractivity contribution in [3.8, 4) is 17.2 Å². The predicted octanol–water partition coefficient (Wildman–Crippen LogP) is 6.41. The summed E-state index contributed by atoms with van der Waals surface area (Å²) in [5.74, 6) is 1.03. The van der Waals surface area contributed by atoms with E-state index in [0.717, 1.165) is 22.4 Å². The molecule has 0 aliphatic carbocycles. The van der Waals surface area contributed by atoms with Gasteiger partial charge >= 0.3 is 6.61 Å². The number of hydrogen-bond donors (Lipinski definition) is 1. The normalized spacial score (nSPS) is 12.0. The lowest BCUT2D eigenvalue weighted by Gasteiger charge is -2.16. The van der Waals surface area contributed by atoms with Gasteiger partial charge in [0.15, 0.2) is 0 Å². The van der Waals surface area contributed by atoms with Gasteiger partial charge < -0.3 is 14.5 Å². The Morgan fingerprint density at radius 2 is 1.72 bits per heavy atom.